The van der Waals surface area contributed by atoms with E-state index in [2.05, 4.69) is 28.2 Å². The van der Waals surface area contributed by atoms with E-state index in [1.165, 1.54) is 5.56 Å². The van der Waals surface area contributed by atoms with Crippen LogP contribution >= 0.6 is 0 Å². The average molecular weight is 297 g/mol. The summed E-state index contributed by atoms with van der Waals surface area (Å²) in [6.07, 6.45) is 0. The Hall–Kier alpha value is -1.14. The molecular weight excluding hydrogens is 274 g/mol. The van der Waals surface area contributed by atoms with Crippen molar-refractivity contribution < 1.29 is 8.42 Å². The Bertz CT molecular complexity index is 599. The lowest BCUT2D eigenvalue weighted by Crippen LogP contribution is -2.48. The summed E-state index contributed by atoms with van der Waals surface area (Å²) in [5.74, 6) is 1.35. The Morgan fingerprint density at radius 1 is 1.45 bits per heavy atom. The highest BCUT2D eigenvalue weighted by Crippen LogP contribution is 2.26. The van der Waals surface area contributed by atoms with Gasteiger partial charge in [0.25, 0.3) is 0 Å². The summed E-state index contributed by atoms with van der Waals surface area (Å²) < 4.78 is 23.4. The van der Waals surface area contributed by atoms with Crippen molar-refractivity contribution in [2.45, 2.75) is 33.4 Å². The summed E-state index contributed by atoms with van der Waals surface area (Å²) in [4.78, 5) is 6.80. The molecular formula is C14H23N3O2S. The van der Waals surface area contributed by atoms with Crippen LogP contribution in [0.5, 0.6) is 0 Å². The zero-order chi connectivity index (χ0) is 14.9. The molecule has 0 bridgehead atoms. The first kappa shape index (κ1) is 15.3. The van der Waals surface area contributed by atoms with Gasteiger partial charge in [0.1, 0.15) is 5.82 Å². The Morgan fingerprint density at radius 3 is 2.75 bits per heavy atom. The largest absolute Gasteiger partial charge is 0.352 e. The van der Waals surface area contributed by atoms with E-state index in [1.54, 1.807) is 0 Å². The number of sulfone groups is 1. The predicted octanol–water partition coefficient (Wildman–Crippen LogP) is 1.04. The third-order valence-corrected chi connectivity index (χ3v) is 5.54. The number of pyridine rings is 1. The van der Waals surface area contributed by atoms with E-state index in [-0.39, 0.29) is 17.5 Å². The van der Waals surface area contributed by atoms with Crippen LogP contribution in [0.25, 0.3) is 0 Å². The molecule has 0 aromatic carbocycles. The minimum atomic E-state index is -2.90. The lowest BCUT2D eigenvalue weighted by molar-refractivity contribution is 0.565. The summed E-state index contributed by atoms with van der Waals surface area (Å²) in [6.45, 7) is 7.28. The molecule has 0 radical (unpaired) electrons. The summed E-state index contributed by atoms with van der Waals surface area (Å²) in [5, 5.41) is 3.17. The van der Waals surface area contributed by atoms with Crippen LogP contribution in [0.2, 0.25) is 0 Å². The molecule has 2 rings (SSSR count). The highest BCUT2D eigenvalue weighted by molar-refractivity contribution is 7.91. The van der Waals surface area contributed by atoms with Crippen LogP contribution in [-0.2, 0) is 16.4 Å². The molecule has 1 fully saturated rings. The van der Waals surface area contributed by atoms with Gasteiger partial charge < -0.3 is 10.2 Å². The molecule has 1 aromatic rings. The molecule has 1 saturated heterocycles. The first-order valence-corrected chi connectivity index (χ1v) is 8.75. The molecule has 6 heteroatoms. The highest BCUT2D eigenvalue weighted by atomic mass is 32.2. The summed E-state index contributed by atoms with van der Waals surface area (Å²) >= 11 is 0. The van der Waals surface area contributed by atoms with Gasteiger partial charge in [-0.2, -0.15) is 0 Å². The van der Waals surface area contributed by atoms with Gasteiger partial charge in [-0.05, 0) is 39.4 Å². The molecule has 20 heavy (non-hydrogen) atoms. The number of rotatable bonds is 3. The third-order valence-electron chi connectivity index (χ3n) is 3.75. The van der Waals surface area contributed by atoms with Crippen molar-refractivity contribution in [2.24, 2.45) is 0 Å². The molecule has 1 unspecified atom stereocenters. The van der Waals surface area contributed by atoms with Gasteiger partial charge in [-0.15, -0.1) is 0 Å². The number of hydrogen-bond donors (Lipinski definition) is 1. The maximum Gasteiger partial charge on any atom is 0.154 e. The molecule has 2 heterocycles. The number of aromatic nitrogens is 1. The fourth-order valence-corrected chi connectivity index (χ4v) is 4.35. The van der Waals surface area contributed by atoms with Gasteiger partial charge in [-0.25, -0.2) is 13.4 Å². The minimum Gasteiger partial charge on any atom is -0.352 e. The topological polar surface area (TPSA) is 62.3 Å². The van der Waals surface area contributed by atoms with Crippen molar-refractivity contribution in [3.63, 3.8) is 0 Å². The molecule has 1 aliphatic rings. The SMILES string of the molecule is CNCc1c(C)cc(C)nc1N1CCS(=O)(=O)CC1C. The van der Waals surface area contributed by atoms with Crippen LogP contribution in [0, 0.1) is 13.8 Å². The van der Waals surface area contributed by atoms with Crippen LogP contribution in [-0.4, -0.2) is 44.5 Å². The molecule has 112 valence electrons. The Balaban J connectivity index is 2.41. The van der Waals surface area contributed by atoms with Gasteiger partial charge >= 0.3 is 0 Å². The standard InChI is InChI=1S/C14H23N3O2S/c1-10-7-11(2)16-14(13(10)8-15-4)17-5-6-20(18,19)9-12(17)3/h7,12,15H,5-6,8-9H2,1-4H3. The van der Waals surface area contributed by atoms with Crippen LogP contribution in [0.4, 0.5) is 5.82 Å². The number of aryl methyl sites for hydroxylation is 2. The fraction of sp³-hybridized carbons (Fsp3) is 0.643. The Kier molecular flexibility index (Phi) is 4.34. The predicted molar refractivity (Wildman–Crippen MR) is 81.9 cm³/mol. The second-order valence-electron chi connectivity index (χ2n) is 5.57. The molecule has 0 saturated carbocycles. The quantitative estimate of drug-likeness (QED) is 0.903. The van der Waals surface area contributed by atoms with E-state index < -0.39 is 9.84 Å². The monoisotopic (exact) mass is 297 g/mol. The zero-order valence-corrected chi connectivity index (χ0v) is 13.4. The first-order chi connectivity index (χ1) is 9.34. The summed E-state index contributed by atoms with van der Waals surface area (Å²) in [7, 11) is -0.993. The molecule has 0 aliphatic carbocycles. The number of nitrogens with one attached hydrogen (secondary N) is 1. The number of nitrogens with zero attached hydrogens (tertiary/aromatic N) is 2. The van der Waals surface area contributed by atoms with Crippen LogP contribution in [0.3, 0.4) is 0 Å². The summed E-state index contributed by atoms with van der Waals surface area (Å²) in [6, 6.07) is 2.04. The van der Waals surface area contributed by atoms with Crippen molar-refractivity contribution in [1.82, 2.24) is 10.3 Å². The van der Waals surface area contributed by atoms with Gasteiger partial charge in [0.15, 0.2) is 9.84 Å². The van der Waals surface area contributed by atoms with Gasteiger partial charge in [-0.3, -0.25) is 0 Å². The van der Waals surface area contributed by atoms with E-state index in [0.717, 1.165) is 23.6 Å². The normalized spacial score (nSPS) is 22.0. The van der Waals surface area contributed by atoms with E-state index in [9.17, 15) is 8.42 Å². The van der Waals surface area contributed by atoms with Crippen LogP contribution < -0.4 is 10.2 Å². The average Bonchev–Trinajstić information content (AvgIpc) is 2.31. The molecule has 1 aromatic heterocycles. The fourth-order valence-electron chi connectivity index (χ4n) is 2.79. The number of hydrogen-bond acceptors (Lipinski definition) is 5. The third kappa shape index (κ3) is 3.12. The smallest absolute Gasteiger partial charge is 0.154 e. The maximum atomic E-state index is 11.7. The Morgan fingerprint density at radius 2 is 2.15 bits per heavy atom. The van der Waals surface area contributed by atoms with Gasteiger partial charge in [0.05, 0.1) is 11.5 Å². The van der Waals surface area contributed by atoms with E-state index in [1.807, 2.05) is 20.9 Å². The van der Waals surface area contributed by atoms with Crippen LogP contribution in [0.1, 0.15) is 23.7 Å². The molecule has 5 nitrogen and oxygen atoms in total. The maximum absolute atomic E-state index is 11.7. The zero-order valence-electron chi connectivity index (χ0n) is 12.6. The van der Waals surface area contributed by atoms with Crippen LogP contribution in [0.15, 0.2) is 6.07 Å². The number of anilines is 1. The van der Waals surface area contributed by atoms with E-state index in [4.69, 9.17) is 0 Å². The van der Waals surface area contributed by atoms with Gasteiger partial charge in [0.2, 0.25) is 0 Å². The Labute approximate surface area is 121 Å². The highest BCUT2D eigenvalue weighted by Gasteiger charge is 2.30. The second-order valence-corrected chi connectivity index (χ2v) is 7.80. The molecule has 0 amide bonds. The van der Waals surface area contributed by atoms with Crippen molar-refractivity contribution in [2.75, 3.05) is 30.0 Å². The lowest BCUT2D eigenvalue weighted by Gasteiger charge is -2.36. The molecule has 1 aliphatic heterocycles. The van der Waals surface area contributed by atoms with Crippen molar-refractivity contribution in [3.05, 3.63) is 22.9 Å². The van der Waals surface area contributed by atoms with Crippen molar-refractivity contribution in [1.29, 1.82) is 0 Å². The van der Waals surface area contributed by atoms with Gasteiger partial charge in [0, 0.05) is 30.4 Å². The molecule has 1 atom stereocenters. The second kappa shape index (κ2) is 5.69. The minimum absolute atomic E-state index is 0.0296. The first-order valence-electron chi connectivity index (χ1n) is 6.93. The van der Waals surface area contributed by atoms with E-state index >= 15 is 0 Å². The van der Waals surface area contributed by atoms with Gasteiger partial charge in [-0.1, -0.05) is 0 Å². The summed E-state index contributed by atoms with van der Waals surface area (Å²) in [5.41, 5.74) is 3.32. The molecule has 0 spiro atoms. The van der Waals surface area contributed by atoms with Crippen molar-refractivity contribution in [3.8, 4) is 0 Å². The van der Waals surface area contributed by atoms with Crippen molar-refractivity contribution >= 4 is 15.7 Å². The molecule has 1 N–H and O–H groups in total. The van der Waals surface area contributed by atoms with E-state index in [0.29, 0.717) is 6.54 Å². The lowest BCUT2D eigenvalue weighted by atomic mass is 10.1.